The van der Waals surface area contributed by atoms with Crippen molar-refractivity contribution in [3.05, 3.63) is 65.4 Å². The highest BCUT2D eigenvalue weighted by Gasteiger charge is 2.18. The van der Waals surface area contributed by atoms with E-state index in [0.717, 1.165) is 0 Å². The lowest BCUT2D eigenvalue weighted by atomic mass is 10.1. The lowest BCUT2D eigenvalue weighted by Crippen LogP contribution is -2.13. The van der Waals surface area contributed by atoms with Gasteiger partial charge in [0.1, 0.15) is 17.3 Å². The number of carbonyl (C=O) groups is 1. The Bertz CT molecular complexity index is 1380. The number of benzene rings is 3. The summed E-state index contributed by atoms with van der Waals surface area (Å²) in [6.07, 6.45) is 0. The second-order valence-corrected chi connectivity index (χ2v) is 7.60. The monoisotopic (exact) mass is 494 g/mol. The molecule has 35 heavy (non-hydrogen) atoms. The molecule has 2 N–H and O–H groups in total. The molecule has 1 heterocycles. The Balaban J connectivity index is 1.74. The van der Waals surface area contributed by atoms with Crippen LogP contribution in [0.5, 0.6) is 23.0 Å². The fraction of sp³-hybridized carbons (Fsp3) is 0.160. The first kappa shape index (κ1) is 23.9. The van der Waals surface area contributed by atoms with Crippen molar-refractivity contribution in [3.8, 4) is 23.0 Å². The second-order valence-electron chi connectivity index (χ2n) is 7.26. The van der Waals surface area contributed by atoms with Crippen molar-refractivity contribution in [2.75, 3.05) is 39.1 Å². The summed E-state index contributed by atoms with van der Waals surface area (Å²) in [6.45, 7) is 0. The third-order valence-electron chi connectivity index (χ3n) is 5.23. The summed E-state index contributed by atoms with van der Waals surface area (Å²) in [5, 5.41) is 6.79. The number of carbonyl (C=O) groups excluding carboxylic acids is 1. The van der Waals surface area contributed by atoms with E-state index in [4.69, 9.17) is 30.5 Å². The molecular weight excluding hydrogens is 472 g/mol. The number of ether oxygens (including phenoxy) is 4. The SMILES string of the molecule is COc1cc(Nc2nc(Cl)nc3cc(OC)c(OC)cc23)c(OC)cc1NC(=O)c1ccccc1. The van der Waals surface area contributed by atoms with Crippen molar-refractivity contribution in [1.29, 1.82) is 0 Å². The molecular formula is C25H23ClN4O5. The third-order valence-corrected chi connectivity index (χ3v) is 5.40. The van der Waals surface area contributed by atoms with Crippen molar-refractivity contribution in [2.24, 2.45) is 0 Å². The standard InChI is InChI=1S/C25H23ClN4O5/c1-32-19-13-18(28-24(31)14-8-6-5-7-9-14)20(33-2)12-17(19)27-23-15-10-21(34-3)22(35-4)11-16(15)29-25(26)30-23/h5-13H,1-4H3,(H,28,31)(H,27,29,30). The maximum absolute atomic E-state index is 12.7. The molecule has 0 atom stereocenters. The zero-order chi connectivity index (χ0) is 24.9. The zero-order valence-corrected chi connectivity index (χ0v) is 20.3. The van der Waals surface area contributed by atoms with E-state index in [-0.39, 0.29) is 11.2 Å². The van der Waals surface area contributed by atoms with Crippen molar-refractivity contribution in [1.82, 2.24) is 9.97 Å². The summed E-state index contributed by atoms with van der Waals surface area (Å²) in [6, 6.07) is 15.7. The van der Waals surface area contributed by atoms with Gasteiger partial charge in [0.05, 0.1) is 45.3 Å². The van der Waals surface area contributed by atoms with E-state index in [0.29, 0.717) is 56.7 Å². The molecule has 4 rings (SSSR count). The molecule has 1 amide bonds. The van der Waals surface area contributed by atoms with Crippen LogP contribution in [0.2, 0.25) is 5.28 Å². The zero-order valence-electron chi connectivity index (χ0n) is 19.5. The van der Waals surface area contributed by atoms with Gasteiger partial charge in [0.25, 0.3) is 5.91 Å². The summed E-state index contributed by atoms with van der Waals surface area (Å²) < 4.78 is 21.9. The predicted molar refractivity (Wildman–Crippen MR) is 135 cm³/mol. The number of rotatable bonds is 8. The Morgan fingerprint density at radius 2 is 1.37 bits per heavy atom. The van der Waals surface area contributed by atoms with Crippen LogP contribution in [0.3, 0.4) is 0 Å². The molecule has 0 fully saturated rings. The van der Waals surface area contributed by atoms with Gasteiger partial charge in [-0.2, -0.15) is 4.98 Å². The summed E-state index contributed by atoms with van der Waals surface area (Å²) >= 11 is 6.19. The summed E-state index contributed by atoms with van der Waals surface area (Å²) in [5.74, 6) is 2.03. The number of anilines is 3. The van der Waals surface area contributed by atoms with Crippen LogP contribution in [0.15, 0.2) is 54.6 Å². The van der Waals surface area contributed by atoms with Crippen LogP contribution < -0.4 is 29.6 Å². The molecule has 0 aliphatic rings. The number of hydrogen-bond donors (Lipinski definition) is 2. The first-order valence-electron chi connectivity index (χ1n) is 10.5. The van der Waals surface area contributed by atoms with Crippen LogP contribution in [0.4, 0.5) is 17.2 Å². The van der Waals surface area contributed by atoms with Gasteiger partial charge < -0.3 is 29.6 Å². The van der Waals surface area contributed by atoms with Crippen molar-refractivity contribution in [2.45, 2.75) is 0 Å². The minimum atomic E-state index is -0.277. The maximum atomic E-state index is 12.7. The van der Waals surface area contributed by atoms with Gasteiger partial charge in [-0.25, -0.2) is 4.98 Å². The van der Waals surface area contributed by atoms with E-state index in [2.05, 4.69) is 20.6 Å². The fourth-order valence-corrected chi connectivity index (χ4v) is 3.70. The predicted octanol–water partition coefficient (Wildman–Crippen LogP) is 5.31. The lowest BCUT2D eigenvalue weighted by molar-refractivity contribution is 0.102. The second kappa shape index (κ2) is 10.4. The van der Waals surface area contributed by atoms with Gasteiger partial charge in [-0.15, -0.1) is 0 Å². The number of fused-ring (bicyclic) bond motifs is 1. The average molecular weight is 495 g/mol. The fourth-order valence-electron chi connectivity index (χ4n) is 3.53. The molecule has 0 aliphatic heterocycles. The number of halogens is 1. The summed E-state index contributed by atoms with van der Waals surface area (Å²) in [7, 11) is 6.12. The number of amides is 1. The van der Waals surface area contributed by atoms with Crippen LogP contribution in [-0.4, -0.2) is 44.3 Å². The van der Waals surface area contributed by atoms with E-state index in [1.807, 2.05) is 6.07 Å². The van der Waals surface area contributed by atoms with Crippen molar-refractivity contribution in [3.63, 3.8) is 0 Å². The Morgan fingerprint density at radius 1 is 0.771 bits per heavy atom. The van der Waals surface area contributed by atoms with E-state index in [1.165, 1.54) is 14.2 Å². The van der Waals surface area contributed by atoms with Gasteiger partial charge in [-0.3, -0.25) is 4.79 Å². The van der Waals surface area contributed by atoms with Crippen LogP contribution in [-0.2, 0) is 0 Å². The molecule has 0 radical (unpaired) electrons. The minimum absolute atomic E-state index is 0.0462. The van der Waals surface area contributed by atoms with Gasteiger partial charge in [-0.1, -0.05) is 18.2 Å². The van der Waals surface area contributed by atoms with Crippen molar-refractivity contribution < 1.29 is 23.7 Å². The van der Waals surface area contributed by atoms with Crippen LogP contribution in [0.1, 0.15) is 10.4 Å². The highest BCUT2D eigenvalue weighted by molar-refractivity contribution is 6.29. The largest absolute Gasteiger partial charge is 0.494 e. The molecule has 4 aromatic rings. The minimum Gasteiger partial charge on any atom is -0.494 e. The van der Waals surface area contributed by atoms with Crippen LogP contribution in [0.25, 0.3) is 10.9 Å². The van der Waals surface area contributed by atoms with Gasteiger partial charge in [0.2, 0.25) is 5.28 Å². The van der Waals surface area contributed by atoms with Crippen LogP contribution >= 0.6 is 11.6 Å². The average Bonchev–Trinajstić information content (AvgIpc) is 2.88. The lowest BCUT2D eigenvalue weighted by Gasteiger charge is -2.17. The first-order chi connectivity index (χ1) is 17.0. The highest BCUT2D eigenvalue weighted by Crippen LogP contribution is 2.40. The third kappa shape index (κ3) is 4.99. The number of aromatic nitrogens is 2. The van der Waals surface area contributed by atoms with E-state index in [1.54, 1.807) is 62.8 Å². The summed E-state index contributed by atoms with van der Waals surface area (Å²) in [4.78, 5) is 21.3. The van der Waals surface area contributed by atoms with E-state index in [9.17, 15) is 4.79 Å². The Hall–Kier alpha value is -4.24. The summed E-state index contributed by atoms with van der Waals surface area (Å²) in [5.41, 5.74) is 2.05. The highest BCUT2D eigenvalue weighted by atomic mass is 35.5. The Morgan fingerprint density at radius 3 is 2.03 bits per heavy atom. The molecule has 3 aromatic carbocycles. The normalized spacial score (nSPS) is 10.5. The topological polar surface area (TPSA) is 104 Å². The van der Waals surface area contributed by atoms with Gasteiger partial charge in [-0.05, 0) is 29.8 Å². The smallest absolute Gasteiger partial charge is 0.255 e. The first-order valence-corrected chi connectivity index (χ1v) is 10.8. The van der Waals surface area contributed by atoms with Crippen LogP contribution in [0, 0.1) is 0 Å². The molecule has 1 aromatic heterocycles. The van der Waals surface area contributed by atoms with Gasteiger partial charge >= 0.3 is 0 Å². The van der Waals surface area contributed by atoms with E-state index >= 15 is 0 Å². The molecule has 0 saturated heterocycles. The molecule has 10 heteroatoms. The number of methoxy groups -OCH3 is 4. The maximum Gasteiger partial charge on any atom is 0.255 e. The number of hydrogen-bond acceptors (Lipinski definition) is 8. The number of nitrogens with zero attached hydrogens (tertiary/aromatic N) is 2. The van der Waals surface area contributed by atoms with E-state index < -0.39 is 0 Å². The number of nitrogens with one attached hydrogen (secondary N) is 2. The quantitative estimate of drug-likeness (QED) is 0.317. The molecule has 9 nitrogen and oxygen atoms in total. The Labute approximate surface area is 207 Å². The molecule has 0 spiro atoms. The molecule has 0 bridgehead atoms. The molecule has 180 valence electrons. The van der Waals surface area contributed by atoms with Crippen molar-refractivity contribution >= 4 is 45.6 Å². The molecule has 0 saturated carbocycles. The van der Waals surface area contributed by atoms with Gasteiger partial charge in [0.15, 0.2) is 11.5 Å². The van der Waals surface area contributed by atoms with Gasteiger partial charge in [0, 0.05) is 29.1 Å². The molecule has 0 aliphatic carbocycles. The molecule has 0 unspecified atom stereocenters. The Kier molecular flexibility index (Phi) is 7.07.